The predicted octanol–water partition coefficient (Wildman–Crippen LogP) is 4.56. The van der Waals surface area contributed by atoms with Gasteiger partial charge in [0.05, 0.1) is 5.69 Å². The van der Waals surface area contributed by atoms with Crippen molar-refractivity contribution in [2.75, 3.05) is 11.2 Å². The maximum Gasteiger partial charge on any atom is 0.426 e. The number of benzene rings is 1. The number of hydrazine groups is 1. The number of hydrogen-bond acceptors (Lipinski definition) is 6. The van der Waals surface area contributed by atoms with Gasteiger partial charge in [0, 0.05) is 16.2 Å². The van der Waals surface area contributed by atoms with E-state index < -0.39 is 23.6 Å². The standard InChI is InChI=1S/C18H22BrFN4O3/c1-10(26-15-7-11(19)9-22-16(15)21)13-8-12(20)5-6-14(13)23-24-17(25)27-18(2,3)4/h5-10,23H,1-4H3,(H2,21,22)(H,24,25)/t10-/m1/s1. The predicted molar refractivity (Wildman–Crippen MR) is 105 cm³/mol. The number of nitrogens with zero attached hydrogens (tertiary/aromatic N) is 1. The third kappa shape index (κ3) is 6.28. The Morgan fingerprint density at radius 1 is 1.33 bits per heavy atom. The number of anilines is 2. The maximum atomic E-state index is 13.8. The number of amides is 1. The summed E-state index contributed by atoms with van der Waals surface area (Å²) in [5.74, 6) is 0.124. The van der Waals surface area contributed by atoms with Gasteiger partial charge in [0.1, 0.15) is 17.5 Å². The molecule has 0 saturated heterocycles. The van der Waals surface area contributed by atoms with Crippen LogP contribution in [0.15, 0.2) is 34.9 Å². The number of carbonyl (C=O) groups is 1. The molecule has 2 aromatic rings. The van der Waals surface area contributed by atoms with Crippen molar-refractivity contribution < 1.29 is 18.7 Å². The van der Waals surface area contributed by atoms with E-state index >= 15 is 0 Å². The molecule has 4 N–H and O–H groups in total. The number of aromatic nitrogens is 1. The highest BCUT2D eigenvalue weighted by molar-refractivity contribution is 9.10. The van der Waals surface area contributed by atoms with Crippen LogP contribution in [0.1, 0.15) is 39.4 Å². The monoisotopic (exact) mass is 440 g/mol. The number of nitrogens with one attached hydrogen (secondary N) is 2. The van der Waals surface area contributed by atoms with Crippen LogP contribution in [0.5, 0.6) is 5.75 Å². The summed E-state index contributed by atoms with van der Waals surface area (Å²) in [6.07, 6.45) is 0.307. The zero-order valence-electron chi connectivity index (χ0n) is 15.5. The van der Waals surface area contributed by atoms with E-state index in [4.69, 9.17) is 15.2 Å². The van der Waals surface area contributed by atoms with Crippen molar-refractivity contribution in [3.05, 3.63) is 46.3 Å². The number of rotatable bonds is 5. The van der Waals surface area contributed by atoms with Crippen molar-refractivity contribution >= 4 is 33.5 Å². The zero-order valence-corrected chi connectivity index (χ0v) is 17.1. The number of carbonyl (C=O) groups excluding carboxylic acids is 1. The van der Waals surface area contributed by atoms with Crippen LogP contribution in [-0.4, -0.2) is 16.7 Å². The lowest BCUT2D eigenvalue weighted by atomic mass is 10.1. The van der Waals surface area contributed by atoms with Gasteiger partial charge in [-0.2, -0.15) is 0 Å². The molecule has 9 heteroatoms. The van der Waals surface area contributed by atoms with Gasteiger partial charge in [-0.3, -0.25) is 5.43 Å². The minimum absolute atomic E-state index is 0.211. The average molecular weight is 441 g/mol. The Balaban J connectivity index is 2.17. The first-order chi connectivity index (χ1) is 12.5. The van der Waals surface area contributed by atoms with Crippen LogP contribution < -0.4 is 21.3 Å². The molecule has 0 spiro atoms. The molecule has 0 unspecified atom stereocenters. The van der Waals surface area contributed by atoms with E-state index in [1.807, 2.05) is 0 Å². The highest BCUT2D eigenvalue weighted by Crippen LogP contribution is 2.31. The van der Waals surface area contributed by atoms with Gasteiger partial charge in [-0.15, -0.1) is 0 Å². The molecule has 1 heterocycles. The molecule has 0 aliphatic rings. The molecule has 1 aromatic carbocycles. The Labute approximate surface area is 165 Å². The van der Waals surface area contributed by atoms with Crippen molar-refractivity contribution in [3.8, 4) is 5.75 Å². The van der Waals surface area contributed by atoms with Crippen LogP contribution in [-0.2, 0) is 4.74 Å². The number of halogens is 2. The van der Waals surface area contributed by atoms with Gasteiger partial charge < -0.3 is 15.2 Å². The largest absolute Gasteiger partial charge is 0.482 e. The zero-order chi connectivity index (χ0) is 20.2. The fourth-order valence-electron chi connectivity index (χ4n) is 2.19. The molecule has 0 saturated carbocycles. The fraction of sp³-hybridized carbons (Fsp3) is 0.333. The first-order valence-corrected chi connectivity index (χ1v) is 8.96. The number of nitrogen functional groups attached to an aromatic ring is 1. The van der Waals surface area contributed by atoms with Gasteiger partial charge in [0.15, 0.2) is 11.6 Å². The maximum absolute atomic E-state index is 13.8. The van der Waals surface area contributed by atoms with Gasteiger partial charge in [-0.05, 0) is 67.9 Å². The molecule has 27 heavy (non-hydrogen) atoms. The van der Waals surface area contributed by atoms with Crippen LogP contribution in [0.2, 0.25) is 0 Å². The van der Waals surface area contributed by atoms with Crippen molar-refractivity contribution in [1.82, 2.24) is 10.4 Å². The molecule has 0 aliphatic carbocycles. The Kier molecular flexibility index (Phi) is 6.48. The van der Waals surface area contributed by atoms with Gasteiger partial charge in [0.25, 0.3) is 0 Å². The summed E-state index contributed by atoms with van der Waals surface area (Å²) in [4.78, 5) is 15.8. The lowest BCUT2D eigenvalue weighted by Crippen LogP contribution is -2.36. The summed E-state index contributed by atoms with van der Waals surface area (Å²) in [7, 11) is 0. The minimum atomic E-state index is -0.660. The first kappa shape index (κ1) is 20.8. The minimum Gasteiger partial charge on any atom is -0.482 e. The smallest absolute Gasteiger partial charge is 0.426 e. The molecule has 1 aromatic heterocycles. The summed E-state index contributed by atoms with van der Waals surface area (Å²) in [6, 6.07) is 5.74. The fourth-order valence-corrected chi connectivity index (χ4v) is 2.50. The van der Waals surface area contributed by atoms with E-state index in [0.717, 1.165) is 0 Å². The second kappa shape index (κ2) is 8.43. The number of nitrogens with two attached hydrogens (primary N) is 1. The third-order valence-electron chi connectivity index (χ3n) is 3.30. The Hall–Kier alpha value is -2.55. The van der Waals surface area contributed by atoms with Gasteiger partial charge in [-0.1, -0.05) is 0 Å². The lowest BCUT2D eigenvalue weighted by molar-refractivity contribution is 0.0541. The molecule has 0 fully saturated rings. The summed E-state index contributed by atoms with van der Waals surface area (Å²) in [5, 5.41) is 0. The Bertz CT molecular complexity index is 827. The highest BCUT2D eigenvalue weighted by Gasteiger charge is 2.18. The second-order valence-electron chi connectivity index (χ2n) is 6.78. The van der Waals surface area contributed by atoms with E-state index in [2.05, 4.69) is 31.8 Å². The van der Waals surface area contributed by atoms with Crippen LogP contribution in [0, 0.1) is 5.82 Å². The average Bonchev–Trinajstić information content (AvgIpc) is 2.55. The van der Waals surface area contributed by atoms with Crippen LogP contribution in [0.3, 0.4) is 0 Å². The van der Waals surface area contributed by atoms with E-state index in [1.54, 1.807) is 40.0 Å². The van der Waals surface area contributed by atoms with Crippen molar-refractivity contribution in [2.24, 2.45) is 0 Å². The van der Waals surface area contributed by atoms with E-state index in [1.165, 1.54) is 18.2 Å². The summed E-state index contributed by atoms with van der Waals surface area (Å²) < 4.78 is 25.5. The highest BCUT2D eigenvalue weighted by atomic mass is 79.9. The Morgan fingerprint density at radius 3 is 2.70 bits per heavy atom. The van der Waals surface area contributed by atoms with E-state index in [-0.39, 0.29) is 5.82 Å². The lowest BCUT2D eigenvalue weighted by Gasteiger charge is -2.22. The molecule has 1 atom stereocenters. The molecular formula is C18H22BrFN4O3. The first-order valence-electron chi connectivity index (χ1n) is 8.17. The topological polar surface area (TPSA) is 98.5 Å². The van der Waals surface area contributed by atoms with Crippen molar-refractivity contribution in [1.29, 1.82) is 0 Å². The van der Waals surface area contributed by atoms with E-state index in [9.17, 15) is 9.18 Å². The molecular weight excluding hydrogens is 419 g/mol. The molecule has 0 radical (unpaired) electrons. The molecule has 0 aliphatic heterocycles. The van der Waals surface area contributed by atoms with Gasteiger partial charge in [0.2, 0.25) is 0 Å². The Morgan fingerprint density at radius 2 is 2.04 bits per heavy atom. The van der Waals surface area contributed by atoms with Crippen molar-refractivity contribution in [2.45, 2.75) is 39.4 Å². The van der Waals surface area contributed by atoms with Crippen LogP contribution in [0.25, 0.3) is 0 Å². The quantitative estimate of drug-likeness (QED) is 0.589. The molecule has 2 rings (SSSR count). The summed E-state index contributed by atoms with van der Waals surface area (Å²) in [5.41, 5.74) is 11.3. The summed E-state index contributed by atoms with van der Waals surface area (Å²) >= 11 is 3.30. The number of hydrogen-bond donors (Lipinski definition) is 3. The number of ether oxygens (including phenoxy) is 2. The van der Waals surface area contributed by atoms with Gasteiger partial charge in [-0.25, -0.2) is 19.6 Å². The molecule has 1 amide bonds. The summed E-state index contributed by atoms with van der Waals surface area (Å²) in [6.45, 7) is 6.99. The molecule has 0 bridgehead atoms. The SMILES string of the molecule is C[C@@H](Oc1cc(Br)cnc1N)c1cc(F)ccc1NNC(=O)OC(C)(C)C. The van der Waals surface area contributed by atoms with Crippen LogP contribution in [0.4, 0.5) is 20.7 Å². The van der Waals surface area contributed by atoms with Gasteiger partial charge >= 0.3 is 6.09 Å². The second-order valence-corrected chi connectivity index (χ2v) is 7.70. The molecule has 7 nitrogen and oxygen atoms in total. The number of pyridine rings is 1. The van der Waals surface area contributed by atoms with Crippen molar-refractivity contribution in [3.63, 3.8) is 0 Å². The van der Waals surface area contributed by atoms with Crippen LogP contribution >= 0.6 is 15.9 Å². The van der Waals surface area contributed by atoms with E-state index in [0.29, 0.717) is 21.5 Å². The third-order valence-corrected chi connectivity index (χ3v) is 3.74. The normalized spacial score (nSPS) is 12.2. The molecule has 146 valence electrons.